The number of nitrogens with one attached hydrogen (secondary N) is 1. The van der Waals surface area contributed by atoms with Crippen LogP contribution in [0.25, 0.3) is 0 Å². The summed E-state index contributed by atoms with van der Waals surface area (Å²) in [6.07, 6.45) is 6.00. The van der Waals surface area contributed by atoms with Crippen LogP contribution in [0.4, 0.5) is 0 Å². The molecular formula is C20H35N3O2. The summed E-state index contributed by atoms with van der Waals surface area (Å²) in [5.74, 6) is -0.0436. The Kier molecular flexibility index (Phi) is 5.67. The summed E-state index contributed by atoms with van der Waals surface area (Å²) in [6.45, 7) is 15.4. The molecule has 0 spiro atoms. The van der Waals surface area contributed by atoms with Crippen LogP contribution in [0.15, 0.2) is 12.2 Å². The molecule has 0 saturated carbocycles. The van der Waals surface area contributed by atoms with Gasteiger partial charge in [0.05, 0.1) is 18.5 Å². The molecule has 3 unspecified atom stereocenters. The van der Waals surface area contributed by atoms with Gasteiger partial charge in [0.15, 0.2) is 0 Å². The van der Waals surface area contributed by atoms with E-state index < -0.39 is 0 Å². The third-order valence-electron chi connectivity index (χ3n) is 4.80. The van der Waals surface area contributed by atoms with Gasteiger partial charge in [0.2, 0.25) is 11.8 Å². The summed E-state index contributed by atoms with van der Waals surface area (Å²) < 4.78 is 0. The molecule has 25 heavy (non-hydrogen) atoms. The van der Waals surface area contributed by atoms with Crippen LogP contribution in [0.2, 0.25) is 0 Å². The van der Waals surface area contributed by atoms with Crippen molar-refractivity contribution in [2.24, 2.45) is 11.3 Å². The van der Waals surface area contributed by atoms with Gasteiger partial charge in [0, 0.05) is 18.0 Å². The Labute approximate surface area is 152 Å². The summed E-state index contributed by atoms with van der Waals surface area (Å²) in [6, 6.07) is -0.0194. The van der Waals surface area contributed by atoms with Crippen LogP contribution in [-0.2, 0) is 9.59 Å². The monoisotopic (exact) mass is 349 g/mol. The van der Waals surface area contributed by atoms with Gasteiger partial charge in [-0.3, -0.25) is 9.59 Å². The van der Waals surface area contributed by atoms with Crippen molar-refractivity contribution in [3.8, 4) is 0 Å². The fraction of sp³-hybridized carbons (Fsp3) is 0.800. The van der Waals surface area contributed by atoms with Crippen molar-refractivity contribution >= 4 is 11.8 Å². The molecule has 0 radical (unpaired) electrons. The maximum absolute atomic E-state index is 13.4. The number of amides is 2. The molecule has 5 nitrogen and oxygen atoms in total. The van der Waals surface area contributed by atoms with E-state index in [1.807, 2.05) is 6.08 Å². The zero-order chi connectivity index (χ0) is 19.0. The first-order valence-electron chi connectivity index (χ1n) is 9.47. The summed E-state index contributed by atoms with van der Waals surface area (Å²) in [5.41, 5.74) is 0.0146. The van der Waals surface area contributed by atoms with Crippen molar-refractivity contribution in [1.82, 2.24) is 15.3 Å². The molecule has 0 aromatic heterocycles. The number of carbonyl (C=O) groups excluding carboxylic acids is 2. The quantitative estimate of drug-likeness (QED) is 0.797. The lowest BCUT2D eigenvalue weighted by Crippen LogP contribution is -2.58. The standard InChI is InChI=1S/C20H35N3O2/c1-14(21-20(5,6)7)16-10-11-17(24)22-12-8-9-15(13-19(2,3)4)23(22)18(16)25/h8-9,14-16,21H,10-13H2,1-7H3. The lowest BCUT2D eigenvalue weighted by molar-refractivity contribution is -0.168. The zero-order valence-corrected chi connectivity index (χ0v) is 16.9. The molecule has 142 valence electrons. The van der Waals surface area contributed by atoms with Crippen molar-refractivity contribution in [2.75, 3.05) is 6.54 Å². The molecule has 3 atom stereocenters. The van der Waals surface area contributed by atoms with Gasteiger partial charge in [0.1, 0.15) is 0 Å². The van der Waals surface area contributed by atoms with Crippen molar-refractivity contribution < 1.29 is 9.59 Å². The Bertz CT molecular complexity index is 542. The number of rotatable bonds is 3. The van der Waals surface area contributed by atoms with Crippen molar-refractivity contribution in [2.45, 2.75) is 85.4 Å². The van der Waals surface area contributed by atoms with E-state index in [2.05, 4.69) is 59.9 Å². The Morgan fingerprint density at radius 1 is 1.20 bits per heavy atom. The van der Waals surface area contributed by atoms with Crippen LogP contribution in [0, 0.1) is 11.3 Å². The Morgan fingerprint density at radius 3 is 2.40 bits per heavy atom. The van der Waals surface area contributed by atoms with E-state index in [-0.39, 0.29) is 40.8 Å². The van der Waals surface area contributed by atoms with E-state index in [1.54, 1.807) is 10.0 Å². The van der Waals surface area contributed by atoms with E-state index in [9.17, 15) is 9.59 Å². The molecule has 0 aliphatic carbocycles. The molecule has 1 N–H and O–H groups in total. The predicted molar refractivity (Wildman–Crippen MR) is 101 cm³/mol. The fourth-order valence-electron chi connectivity index (χ4n) is 3.90. The van der Waals surface area contributed by atoms with E-state index in [0.29, 0.717) is 19.4 Å². The van der Waals surface area contributed by atoms with Gasteiger partial charge >= 0.3 is 0 Å². The maximum Gasteiger partial charge on any atom is 0.246 e. The number of hydrogen-bond acceptors (Lipinski definition) is 3. The lowest BCUT2D eigenvalue weighted by Gasteiger charge is -2.43. The average molecular weight is 350 g/mol. The highest BCUT2D eigenvalue weighted by Crippen LogP contribution is 2.32. The summed E-state index contributed by atoms with van der Waals surface area (Å²) >= 11 is 0. The first-order chi connectivity index (χ1) is 11.4. The molecule has 1 fully saturated rings. The number of nitrogens with zero attached hydrogens (tertiary/aromatic N) is 2. The Balaban J connectivity index is 2.30. The Hall–Kier alpha value is -1.36. The second kappa shape index (κ2) is 7.10. The van der Waals surface area contributed by atoms with Crippen molar-refractivity contribution in [1.29, 1.82) is 0 Å². The number of carbonyl (C=O) groups is 2. The number of hydrazine groups is 1. The average Bonchev–Trinajstić information content (AvgIpc) is 2.54. The molecule has 2 aliphatic heterocycles. The highest BCUT2D eigenvalue weighted by Gasteiger charge is 2.42. The second-order valence-electron chi connectivity index (χ2n) is 9.75. The molecular weight excluding hydrogens is 314 g/mol. The van der Waals surface area contributed by atoms with E-state index in [0.717, 1.165) is 6.42 Å². The minimum Gasteiger partial charge on any atom is -0.309 e. The van der Waals surface area contributed by atoms with Gasteiger partial charge in [-0.15, -0.1) is 0 Å². The predicted octanol–water partition coefficient (Wildman–Crippen LogP) is 3.12. The van der Waals surface area contributed by atoms with Gasteiger partial charge in [-0.05, 0) is 46.0 Å². The zero-order valence-electron chi connectivity index (χ0n) is 16.9. The van der Waals surface area contributed by atoms with Gasteiger partial charge in [0.25, 0.3) is 0 Å². The highest BCUT2D eigenvalue weighted by atomic mass is 16.2. The molecule has 1 saturated heterocycles. The molecule has 2 rings (SSSR count). The topological polar surface area (TPSA) is 52.7 Å². The van der Waals surface area contributed by atoms with Crippen molar-refractivity contribution in [3.63, 3.8) is 0 Å². The molecule has 0 bridgehead atoms. The maximum atomic E-state index is 13.4. The number of fused-ring (bicyclic) bond motifs is 1. The molecule has 5 heteroatoms. The van der Waals surface area contributed by atoms with Crippen molar-refractivity contribution in [3.05, 3.63) is 12.2 Å². The normalized spacial score (nSPS) is 26.5. The third-order valence-corrected chi connectivity index (χ3v) is 4.80. The third kappa shape index (κ3) is 5.06. The largest absolute Gasteiger partial charge is 0.309 e. The van der Waals surface area contributed by atoms with Crippen LogP contribution in [0.5, 0.6) is 0 Å². The number of hydrogen-bond donors (Lipinski definition) is 1. The molecule has 2 amide bonds. The van der Waals surface area contributed by atoms with Crippen LogP contribution in [-0.4, -0.2) is 46.0 Å². The van der Waals surface area contributed by atoms with Crippen LogP contribution >= 0.6 is 0 Å². The lowest BCUT2D eigenvalue weighted by atomic mass is 9.86. The minimum atomic E-state index is -0.179. The summed E-state index contributed by atoms with van der Waals surface area (Å²) in [5, 5.41) is 6.95. The molecule has 0 aromatic rings. The van der Waals surface area contributed by atoms with Gasteiger partial charge in [-0.1, -0.05) is 32.9 Å². The minimum absolute atomic E-state index is 0.0291. The van der Waals surface area contributed by atoms with Gasteiger partial charge in [-0.25, -0.2) is 10.0 Å². The highest BCUT2D eigenvalue weighted by molar-refractivity contribution is 5.87. The summed E-state index contributed by atoms with van der Waals surface area (Å²) in [4.78, 5) is 26.0. The van der Waals surface area contributed by atoms with Crippen LogP contribution in [0.3, 0.4) is 0 Å². The van der Waals surface area contributed by atoms with E-state index >= 15 is 0 Å². The Morgan fingerprint density at radius 2 is 1.84 bits per heavy atom. The van der Waals surface area contributed by atoms with Gasteiger partial charge in [-0.2, -0.15) is 0 Å². The molecule has 2 heterocycles. The second-order valence-corrected chi connectivity index (χ2v) is 9.75. The fourth-order valence-corrected chi connectivity index (χ4v) is 3.90. The van der Waals surface area contributed by atoms with Crippen LogP contribution in [0.1, 0.15) is 67.7 Å². The molecule has 2 aliphatic rings. The van der Waals surface area contributed by atoms with Crippen LogP contribution < -0.4 is 5.32 Å². The van der Waals surface area contributed by atoms with Gasteiger partial charge < -0.3 is 5.32 Å². The summed E-state index contributed by atoms with van der Waals surface area (Å²) in [7, 11) is 0. The van der Waals surface area contributed by atoms with E-state index in [1.165, 1.54) is 0 Å². The first kappa shape index (κ1) is 20.0. The molecule has 0 aromatic carbocycles. The first-order valence-corrected chi connectivity index (χ1v) is 9.47. The SMILES string of the molecule is CC(NC(C)(C)C)C1CCC(=O)N2CC=CC(CC(C)(C)C)N2C1=O. The van der Waals surface area contributed by atoms with E-state index in [4.69, 9.17) is 0 Å². The smallest absolute Gasteiger partial charge is 0.246 e.